The molecule has 2 aromatic rings. The van der Waals surface area contributed by atoms with E-state index in [0.29, 0.717) is 13.2 Å². The van der Waals surface area contributed by atoms with Gasteiger partial charge in [-0.1, -0.05) is 18.2 Å². The van der Waals surface area contributed by atoms with Gasteiger partial charge in [-0.05, 0) is 6.07 Å². The average Bonchev–Trinajstić information content (AvgIpc) is 2.93. The number of hydrogen-bond acceptors (Lipinski definition) is 5. The monoisotopic (exact) mass is 264 g/mol. The molecule has 0 aliphatic rings. The molecule has 96 valence electrons. The number of thiazole rings is 1. The van der Waals surface area contributed by atoms with Crippen molar-refractivity contribution >= 4 is 11.3 Å². The summed E-state index contributed by atoms with van der Waals surface area (Å²) in [6.45, 7) is 1.07. The van der Waals surface area contributed by atoms with Gasteiger partial charge in [0.25, 0.3) is 0 Å². The fourth-order valence-electron chi connectivity index (χ4n) is 1.64. The maximum atomic E-state index is 6.20. The van der Waals surface area contributed by atoms with Crippen molar-refractivity contribution in [3.63, 3.8) is 0 Å². The molecule has 0 aliphatic heterocycles. The van der Waals surface area contributed by atoms with Crippen molar-refractivity contribution in [2.45, 2.75) is 6.04 Å². The van der Waals surface area contributed by atoms with Crippen LogP contribution in [-0.2, 0) is 4.74 Å². The number of rotatable bonds is 6. The lowest BCUT2D eigenvalue weighted by molar-refractivity contribution is 0.145. The lowest BCUT2D eigenvalue weighted by Crippen LogP contribution is -2.15. The van der Waals surface area contributed by atoms with Gasteiger partial charge in [0.2, 0.25) is 0 Å². The summed E-state index contributed by atoms with van der Waals surface area (Å²) in [6, 6.07) is 7.50. The Morgan fingerprint density at radius 1 is 1.33 bits per heavy atom. The molecule has 0 radical (unpaired) electrons. The number of methoxy groups -OCH3 is 1. The van der Waals surface area contributed by atoms with E-state index in [0.717, 1.165) is 17.0 Å². The Kier molecular flexibility index (Phi) is 4.69. The van der Waals surface area contributed by atoms with Gasteiger partial charge >= 0.3 is 0 Å². The molecule has 0 bridgehead atoms. The van der Waals surface area contributed by atoms with Crippen molar-refractivity contribution in [1.29, 1.82) is 0 Å². The van der Waals surface area contributed by atoms with E-state index in [1.165, 1.54) is 11.3 Å². The third kappa shape index (κ3) is 3.07. The Morgan fingerprint density at radius 2 is 2.17 bits per heavy atom. The lowest BCUT2D eigenvalue weighted by atomic mass is 10.0. The van der Waals surface area contributed by atoms with Crippen LogP contribution in [-0.4, -0.2) is 25.3 Å². The standard InChI is InChI=1S/C13H16N2O2S/c1-16-6-7-17-12-5-3-2-4-10(12)13(14)11-8-18-9-15-11/h2-5,8-9,13H,6-7,14H2,1H3. The van der Waals surface area contributed by atoms with Crippen molar-refractivity contribution in [2.24, 2.45) is 5.73 Å². The second-order valence-electron chi connectivity index (χ2n) is 3.77. The minimum atomic E-state index is -0.255. The molecule has 0 saturated heterocycles. The molecule has 1 aromatic heterocycles. The molecule has 0 saturated carbocycles. The molecule has 1 atom stereocenters. The first-order valence-electron chi connectivity index (χ1n) is 5.67. The molecule has 2 N–H and O–H groups in total. The smallest absolute Gasteiger partial charge is 0.124 e. The number of benzene rings is 1. The van der Waals surface area contributed by atoms with Crippen LogP contribution >= 0.6 is 11.3 Å². The van der Waals surface area contributed by atoms with Gasteiger partial charge in [-0.25, -0.2) is 4.98 Å². The fraction of sp³-hybridized carbons (Fsp3) is 0.308. The summed E-state index contributed by atoms with van der Waals surface area (Å²) in [5.41, 5.74) is 9.79. The van der Waals surface area contributed by atoms with E-state index < -0.39 is 0 Å². The zero-order valence-electron chi connectivity index (χ0n) is 10.2. The molecule has 4 nitrogen and oxygen atoms in total. The molecule has 1 heterocycles. The van der Waals surface area contributed by atoms with Gasteiger partial charge in [0.15, 0.2) is 0 Å². The number of nitrogens with two attached hydrogens (primary N) is 1. The van der Waals surface area contributed by atoms with Crippen molar-refractivity contribution in [1.82, 2.24) is 4.98 Å². The van der Waals surface area contributed by atoms with Crippen LogP contribution in [0.3, 0.4) is 0 Å². The summed E-state index contributed by atoms with van der Waals surface area (Å²) >= 11 is 1.54. The van der Waals surface area contributed by atoms with Crippen molar-refractivity contribution in [2.75, 3.05) is 20.3 Å². The van der Waals surface area contributed by atoms with E-state index in [1.807, 2.05) is 29.6 Å². The fourth-order valence-corrected chi connectivity index (χ4v) is 2.23. The Balaban J connectivity index is 2.16. The predicted octanol–water partition coefficient (Wildman–Crippen LogP) is 2.22. The summed E-state index contributed by atoms with van der Waals surface area (Å²) in [5.74, 6) is 0.787. The number of nitrogens with zero attached hydrogens (tertiary/aromatic N) is 1. The molecule has 0 amide bonds. The highest BCUT2D eigenvalue weighted by molar-refractivity contribution is 7.07. The van der Waals surface area contributed by atoms with Gasteiger partial charge in [0, 0.05) is 18.1 Å². The summed E-state index contributed by atoms with van der Waals surface area (Å²) in [5, 5.41) is 1.95. The maximum Gasteiger partial charge on any atom is 0.124 e. The first-order chi connectivity index (χ1) is 8.83. The molecule has 2 rings (SSSR count). The molecule has 0 aliphatic carbocycles. The number of ether oxygens (including phenoxy) is 2. The Labute approximate surface area is 110 Å². The summed E-state index contributed by atoms with van der Waals surface area (Å²) < 4.78 is 10.6. The summed E-state index contributed by atoms with van der Waals surface area (Å²) in [7, 11) is 1.65. The van der Waals surface area contributed by atoms with Crippen molar-refractivity contribution < 1.29 is 9.47 Å². The molecular weight excluding hydrogens is 248 g/mol. The van der Waals surface area contributed by atoms with Crippen molar-refractivity contribution in [3.05, 3.63) is 46.4 Å². The molecule has 0 fully saturated rings. The highest BCUT2D eigenvalue weighted by atomic mass is 32.1. The molecule has 18 heavy (non-hydrogen) atoms. The van der Waals surface area contributed by atoms with Gasteiger partial charge in [0.1, 0.15) is 12.4 Å². The van der Waals surface area contributed by atoms with E-state index in [-0.39, 0.29) is 6.04 Å². The summed E-state index contributed by atoms with van der Waals surface area (Å²) in [4.78, 5) is 4.24. The molecule has 1 aromatic carbocycles. The third-order valence-corrected chi connectivity index (χ3v) is 3.17. The Morgan fingerprint density at radius 3 is 2.89 bits per heavy atom. The van der Waals surface area contributed by atoms with Crippen LogP contribution in [0, 0.1) is 0 Å². The molecule has 5 heteroatoms. The van der Waals surface area contributed by atoms with Crippen LogP contribution in [0.2, 0.25) is 0 Å². The zero-order valence-corrected chi connectivity index (χ0v) is 11.0. The topological polar surface area (TPSA) is 57.4 Å². The maximum absolute atomic E-state index is 6.20. The van der Waals surface area contributed by atoms with Gasteiger partial charge < -0.3 is 15.2 Å². The molecule has 1 unspecified atom stereocenters. The van der Waals surface area contributed by atoms with Crippen LogP contribution < -0.4 is 10.5 Å². The quantitative estimate of drug-likeness (QED) is 0.813. The van der Waals surface area contributed by atoms with Crippen LogP contribution in [0.1, 0.15) is 17.3 Å². The zero-order chi connectivity index (χ0) is 12.8. The van der Waals surface area contributed by atoms with Crippen LogP contribution in [0.15, 0.2) is 35.2 Å². The Bertz CT molecular complexity index is 474. The number of hydrogen-bond donors (Lipinski definition) is 1. The van der Waals surface area contributed by atoms with E-state index in [4.69, 9.17) is 15.2 Å². The average molecular weight is 264 g/mol. The van der Waals surface area contributed by atoms with Crippen LogP contribution in [0.4, 0.5) is 0 Å². The van der Waals surface area contributed by atoms with Gasteiger partial charge in [-0.3, -0.25) is 0 Å². The normalized spacial score (nSPS) is 12.3. The first-order valence-corrected chi connectivity index (χ1v) is 6.61. The first kappa shape index (κ1) is 13.0. The second kappa shape index (κ2) is 6.49. The highest BCUT2D eigenvalue weighted by Crippen LogP contribution is 2.27. The number of para-hydroxylation sites is 1. The Hall–Kier alpha value is -1.43. The van der Waals surface area contributed by atoms with Gasteiger partial charge in [-0.15, -0.1) is 11.3 Å². The predicted molar refractivity (Wildman–Crippen MR) is 72.0 cm³/mol. The molecule has 0 spiro atoms. The lowest BCUT2D eigenvalue weighted by Gasteiger charge is -2.15. The molecular formula is C13H16N2O2S. The SMILES string of the molecule is COCCOc1ccccc1C(N)c1cscn1. The minimum Gasteiger partial charge on any atom is -0.491 e. The van der Waals surface area contributed by atoms with E-state index in [1.54, 1.807) is 12.6 Å². The third-order valence-electron chi connectivity index (χ3n) is 2.57. The minimum absolute atomic E-state index is 0.255. The van der Waals surface area contributed by atoms with Crippen LogP contribution in [0.5, 0.6) is 5.75 Å². The van der Waals surface area contributed by atoms with Crippen LogP contribution in [0.25, 0.3) is 0 Å². The highest BCUT2D eigenvalue weighted by Gasteiger charge is 2.15. The number of aromatic nitrogens is 1. The summed E-state index contributed by atoms with van der Waals surface area (Å²) in [6.07, 6.45) is 0. The van der Waals surface area contributed by atoms with E-state index in [9.17, 15) is 0 Å². The van der Waals surface area contributed by atoms with Crippen molar-refractivity contribution in [3.8, 4) is 5.75 Å². The van der Waals surface area contributed by atoms with Gasteiger partial charge in [0.05, 0.1) is 23.9 Å². The largest absolute Gasteiger partial charge is 0.491 e. The van der Waals surface area contributed by atoms with Gasteiger partial charge in [-0.2, -0.15) is 0 Å². The van der Waals surface area contributed by atoms with E-state index >= 15 is 0 Å². The second-order valence-corrected chi connectivity index (χ2v) is 4.49. The van der Waals surface area contributed by atoms with E-state index in [2.05, 4.69) is 4.98 Å².